The van der Waals surface area contributed by atoms with Crippen LogP contribution in [0.3, 0.4) is 0 Å². The van der Waals surface area contributed by atoms with Gasteiger partial charge in [-0.25, -0.2) is 4.79 Å². The molecule has 0 unspecified atom stereocenters. The van der Waals surface area contributed by atoms with Crippen molar-refractivity contribution in [2.24, 2.45) is 0 Å². The zero-order valence-electron chi connectivity index (χ0n) is 10.6. The maximum absolute atomic E-state index is 11.3. The van der Waals surface area contributed by atoms with Crippen LogP contribution in [0.1, 0.15) is 0 Å². The molecule has 0 fully saturated rings. The van der Waals surface area contributed by atoms with Crippen LogP contribution >= 0.6 is 0 Å². The second-order valence-electron chi connectivity index (χ2n) is 4.10. The molecule has 0 aromatic rings. The molecule has 0 aromatic heterocycles. The molecule has 4 N–H and O–H groups in total. The van der Waals surface area contributed by atoms with E-state index < -0.39 is 36.5 Å². The molecular weight excluding hydrogens is 260 g/mol. The van der Waals surface area contributed by atoms with Crippen LogP contribution in [0.5, 0.6) is 0 Å². The van der Waals surface area contributed by atoms with Crippen molar-refractivity contribution in [3.63, 3.8) is 0 Å². The van der Waals surface area contributed by atoms with Gasteiger partial charge in [0.05, 0.1) is 13.7 Å². The summed E-state index contributed by atoms with van der Waals surface area (Å²) in [7, 11) is 2.44. The molecule has 1 aliphatic rings. The number of rotatable bonds is 5. The van der Waals surface area contributed by atoms with Crippen molar-refractivity contribution in [3.05, 3.63) is 11.8 Å². The number of carbonyl (C=O) groups excluding carboxylic acids is 1. The Bertz CT molecular complexity index is 342. The first-order chi connectivity index (χ1) is 8.92. The maximum Gasteiger partial charge on any atom is 0.373 e. The van der Waals surface area contributed by atoms with Gasteiger partial charge in [0.25, 0.3) is 0 Å². The van der Waals surface area contributed by atoms with Gasteiger partial charge >= 0.3 is 5.97 Å². The Balaban J connectivity index is 2.84. The summed E-state index contributed by atoms with van der Waals surface area (Å²) < 4.78 is 14.1. The first-order valence-corrected chi connectivity index (χ1v) is 5.60. The molecule has 110 valence electrons. The highest BCUT2D eigenvalue weighted by atomic mass is 16.6. The molecule has 0 saturated heterocycles. The van der Waals surface area contributed by atoms with Crippen LogP contribution < -0.4 is 0 Å². The van der Waals surface area contributed by atoms with Gasteiger partial charge in [0.2, 0.25) is 5.76 Å². The summed E-state index contributed by atoms with van der Waals surface area (Å²) >= 11 is 0. The minimum atomic E-state index is -1.54. The molecular formula is C11H18O8. The molecule has 0 aliphatic carbocycles. The molecule has 0 aromatic carbocycles. The van der Waals surface area contributed by atoms with Gasteiger partial charge in [-0.3, -0.25) is 0 Å². The lowest BCUT2D eigenvalue weighted by atomic mass is 9.96. The van der Waals surface area contributed by atoms with Crippen molar-refractivity contribution in [1.82, 2.24) is 0 Å². The van der Waals surface area contributed by atoms with Crippen LogP contribution in [0.4, 0.5) is 0 Å². The second kappa shape index (κ2) is 6.83. The summed E-state index contributed by atoms with van der Waals surface area (Å²) in [5.74, 6) is -1.20. The molecule has 8 nitrogen and oxygen atoms in total. The van der Waals surface area contributed by atoms with E-state index in [9.17, 15) is 25.2 Å². The topological polar surface area (TPSA) is 126 Å². The molecule has 19 heavy (non-hydrogen) atoms. The number of aliphatic hydroxyl groups excluding tert-OH is 4. The summed E-state index contributed by atoms with van der Waals surface area (Å²) in [6, 6.07) is 0. The zero-order chi connectivity index (χ0) is 14.6. The largest absolute Gasteiger partial charge is 0.478 e. The fourth-order valence-electron chi connectivity index (χ4n) is 1.68. The Morgan fingerprint density at radius 1 is 1.42 bits per heavy atom. The Morgan fingerprint density at radius 2 is 2.05 bits per heavy atom. The molecule has 8 heteroatoms. The molecule has 0 bridgehead atoms. The van der Waals surface area contributed by atoms with Gasteiger partial charge in [0.15, 0.2) is 6.10 Å². The second-order valence-corrected chi connectivity index (χ2v) is 4.10. The van der Waals surface area contributed by atoms with Crippen LogP contribution in [0.25, 0.3) is 0 Å². The monoisotopic (exact) mass is 278 g/mol. The van der Waals surface area contributed by atoms with Crippen molar-refractivity contribution >= 4 is 5.97 Å². The molecule has 1 aliphatic heterocycles. The van der Waals surface area contributed by atoms with E-state index in [0.29, 0.717) is 0 Å². The molecule has 0 radical (unpaired) electrons. The number of carbonyl (C=O) groups is 1. The standard InChI is InChI=1S/C11H18O8/c1-17-4-6(13)9(15)10-8(14)5(12)3-7(19-10)11(16)18-2/h3,5-6,8-10,12-15H,4H2,1-2H3/t5-,6+,8+,9+,10+/m0/s1. The summed E-state index contributed by atoms with van der Waals surface area (Å²) in [6.45, 7) is -0.193. The van der Waals surface area contributed by atoms with Crippen LogP contribution in [-0.2, 0) is 19.0 Å². The van der Waals surface area contributed by atoms with Crippen molar-refractivity contribution in [2.75, 3.05) is 20.8 Å². The van der Waals surface area contributed by atoms with Crippen LogP contribution in [0, 0.1) is 0 Å². The molecule has 1 heterocycles. The van der Waals surface area contributed by atoms with E-state index in [1.54, 1.807) is 0 Å². The predicted octanol–water partition coefficient (Wildman–Crippen LogP) is -2.47. The van der Waals surface area contributed by atoms with Crippen molar-refractivity contribution in [1.29, 1.82) is 0 Å². The fourth-order valence-corrected chi connectivity index (χ4v) is 1.68. The third-order valence-electron chi connectivity index (χ3n) is 2.73. The maximum atomic E-state index is 11.3. The smallest absolute Gasteiger partial charge is 0.373 e. The van der Waals surface area contributed by atoms with E-state index in [1.807, 2.05) is 0 Å². The quantitative estimate of drug-likeness (QED) is 0.408. The third-order valence-corrected chi connectivity index (χ3v) is 2.73. The van der Waals surface area contributed by atoms with E-state index >= 15 is 0 Å². The summed E-state index contributed by atoms with van der Waals surface area (Å²) in [6.07, 6.45) is -6.19. The Kier molecular flexibility index (Phi) is 5.70. The zero-order valence-corrected chi connectivity index (χ0v) is 10.6. The average Bonchev–Trinajstić information content (AvgIpc) is 2.40. The number of methoxy groups -OCH3 is 2. The normalized spacial score (nSPS) is 30.0. The number of hydrogen-bond acceptors (Lipinski definition) is 8. The first-order valence-electron chi connectivity index (χ1n) is 5.60. The lowest BCUT2D eigenvalue weighted by Crippen LogP contribution is -2.53. The summed E-state index contributed by atoms with van der Waals surface area (Å²) in [5.41, 5.74) is 0. The van der Waals surface area contributed by atoms with E-state index in [1.165, 1.54) is 7.11 Å². The summed E-state index contributed by atoms with van der Waals surface area (Å²) in [5, 5.41) is 38.7. The molecule has 5 atom stereocenters. The summed E-state index contributed by atoms with van der Waals surface area (Å²) in [4.78, 5) is 11.3. The fraction of sp³-hybridized carbons (Fsp3) is 0.727. The lowest BCUT2D eigenvalue weighted by molar-refractivity contribution is -0.167. The van der Waals surface area contributed by atoms with Crippen LogP contribution in [0.15, 0.2) is 11.8 Å². The van der Waals surface area contributed by atoms with Crippen molar-refractivity contribution in [2.45, 2.75) is 30.5 Å². The third kappa shape index (κ3) is 3.64. The van der Waals surface area contributed by atoms with Crippen LogP contribution in [0.2, 0.25) is 0 Å². The van der Waals surface area contributed by atoms with Gasteiger partial charge in [-0.15, -0.1) is 0 Å². The molecule has 0 saturated carbocycles. The predicted molar refractivity (Wildman–Crippen MR) is 60.9 cm³/mol. The van der Waals surface area contributed by atoms with Gasteiger partial charge in [0.1, 0.15) is 24.4 Å². The van der Waals surface area contributed by atoms with Gasteiger partial charge in [-0.05, 0) is 6.08 Å². The lowest BCUT2D eigenvalue weighted by Gasteiger charge is -2.35. The average molecular weight is 278 g/mol. The van der Waals surface area contributed by atoms with Crippen LogP contribution in [-0.4, -0.2) is 77.7 Å². The Hall–Kier alpha value is -1.19. The highest BCUT2D eigenvalue weighted by Gasteiger charge is 2.41. The van der Waals surface area contributed by atoms with E-state index in [0.717, 1.165) is 13.2 Å². The number of aliphatic hydroxyl groups is 4. The van der Waals surface area contributed by atoms with E-state index in [-0.39, 0.29) is 12.4 Å². The molecule has 1 rings (SSSR count). The van der Waals surface area contributed by atoms with Gasteiger partial charge in [0, 0.05) is 7.11 Å². The number of ether oxygens (including phenoxy) is 3. The minimum absolute atomic E-state index is 0.193. The van der Waals surface area contributed by atoms with Crippen molar-refractivity contribution in [3.8, 4) is 0 Å². The van der Waals surface area contributed by atoms with E-state index in [4.69, 9.17) is 4.74 Å². The number of hydrogen-bond donors (Lipinski definition) is 4. The highest BCUT2D eigenvalue weighted by molar-refractivity contribution is 5.86. The van der Waals surface area contributed by atoms with Gasteiger partial charge in [-0.2, -0.15) is 0 Å². The number of esters is 1. The minimum Gasteiger partial charge on any atom is -0.478 e. The molecule has 0 spiro atoms. The van der Waals surface area contributed by atoms with Crippen molar-refractivity contribution < 1.29 is 39.4 Å². The highest BCUT2D eigenvalue weighted by Crippen LogP contribution is 2.23. The van der Waals surface area contributed by atoms with Gasteiger partial charge in [-0.1, -0.05) is 0 Å². The first kappa shape index (κ1) is 15.9. The Morgan fingerprint density at radius 3 is 2.58 bits per heavy atom. The molecule has 0 amide bonds. The SMILES string of the molecule is COC[C@@H](O)[C@@H](O)[C@@H]1OC(C(=O)OC)=C[C@H](O)[C@H]1O. The van der Waals surface area contributed by atoms with E-state index in [2.05, 4.69) is 9.47 Å². The Labute approximate surface area is 109 Å². The van der Waals surface area contributed by atoms with Gasteiger partial charge < -0.3 is 34.6 Å².